The van der Waals surface area contributed by atoms with Gasteiger partial charge in [0.05, 0.1) is 6.10 Å². The van der Waals surface area contributed by atoms with Crippen molar-refractivity contribution in [3.8, 4) is 0 Å². The Labute approximate surface area is 111 Å². The van der Waals surface area contributed by atoms with E-state index in [-0.39, 0.29) is 11.9 Å². The number of hydrogen-bond acceptors (Lipinski definition) is 3. The molecule has 104 valence electrons. The predicted molar refractivity (Wildman–Crippen MR) is 69.0 cm³/mol. The van der Waals surface area contributed by atoms with Crippen LogP contribution in [-0.4, -0.2) is 18.2 Å². The van der Waals surface area contributed by atoms with Crippen LogP contribution in [0.2, 0.25) is 0 Å². The van der Waals surface area contributed by atoms with Gasteiger partial charge in [0.15, 0.2) is 0 Å². The molecule has 19 heavy (non-hydrogen) atoms. The van der Waals surface area contributed by atoms with Crippen LogP contribution in [0.4, 0.5) is 4.39 Å². The summed E-state index contributed by atoms with van der Waals surface area (Å²) in [4.78, 5) is 11.5. The van der Waals surface area contributed by atoms with Gasteiger partial charge in [-0.05, 0) is 30.5 Å². The fraction of sp³-hybridized carbons (Fsp3) is 0.357. The summed E-state index contributed by atoms with van der Waals surface area (Å²) in [5, 5.41) is 8.70. The molecule has 2 N–H and O–H groups in total. The summed E-state index contributed by atoms with van der Waals surface area (Å²) < 4.78 is 18.2. The smallest absolute Gasteiger partial charge is 0.246 e. The number of amides is 1. The summed E-state index contributed by atoms with van der Waals surface area (Å²) in [6.45, 7) is 3.58. The monoisotopic (exact) mass is 267 g/mol. The van der Waals surface area contributed by atoms with E-state index in [4.69, 9.17) is 9.94 Å². The Morgan fingerprint density at radius 1 is 1.53 bits per heavy atom. The van der Waals surface area contributed by atoms with Crippen LogP contribution in [0.5, 0.6) is 0 Å². The third-order valence-electron chi connectivity index (χ3n) is 2.96. The Morgan fingerprint density at radius 3 is 2.63 bits per heavy atom. The normalized spacial score (nSPS) is 13.6. The number of hydroxylamine groups is 1. The van der Waals surface area contributed by atoms with Gasteiger partial charge >= 0.3 is 0 Å². The maximum atomic E-state index is 12.9. The average Bonchev–Trinajstić information content (AvgIpc) is 2.43. The topological polar surface area (TPSA) is 58.6 Å². The van der Waals surface area contributed by atoms with Gasteiger partial charge in [0.25, 0.3) is 0 Å². The second-order valence-electron chi connectivity index (χ2n) is 4.21. The van der Waals surface area contributed by atoms with E-state index in [9.17, 15) is 9.18 Å². The van der Waals surface area contributed by atoms with Gasteiger partial charge in [-0.15, -0.1) is 6.58 Å². The van der Waals surface area contributed by atoms with E-state index in [1.54, 1.807) is 23.7 Å². The van der Waals surface area contributed by atoms with Gasteiger partial charge in [0.1, 0.15) is 5.82 Å². The minimum absolute atomic E-state index is 0.325. The fourth-order valence-electron chi connectivity index (χ4n) is 1.91. The van der Waals surface area contributed by atoms with Crippen molar-refractivity contribution in [1.29, 1.82) is 0 Å². The highest BCUT2D eigenvalue weighted by Crippen LogP contribution is 2.26. The lowest BCUT2D eigenvalue weighted by Crippen LogP contribution is -2.29. The van der Waals surface area contributed by atoms with E-state index >= 15 is 0 Å². The van der Waals surface area contributed by atoms with Crippen LogP contribution >= 0.6 is 0 Å². The molecule has 0 saturated heterocycles. The summed E-state index contributed by atoms with van der Waals surface area (Å²) in [5.74, 6) is -1.25. The van der Waals surface area contributed by atoms with E-state index in [2.05, 4.69) is 6.58 Å². The Morgan fingerprint density at radius 2 is 2.16 bits per heavy atom. The number of halogens is 1. The van der Waals surface area contributed by atoms with Crippen LogP contribution in [0.15, 0.2) is 36.9 Å². The minimum atomic E-state index is -0.482. The molecule has 0 fully saturated rings. The molecule has 0 spiro atoms. The summed E-state index contributed by atoms with van der Waals surface area (Å²) in [6.07, 6.45) is 2.06. The maximum Gasteiger partial charge on any atom is 0.246 e. The van der Waals surface area contributed by atoms with Crippen molar-refractivity contribution in [2.75, 3.05) is 7.11 Å². The summed E-state index contributed by atoms with van der Waals surface area (Å²) in [5.41, 5.74) is 2.42. The molecule has 5 heteroatoms. The van der Waals surface area contributed by atoms with Crippen molar-refractivity contribution in [2.45, 2.75) is 18.9 Å². The average molecular weight is 267 g/mol. The lowest BCUT2D eigenvalue weighted by molar-refractivity contribution is -0.134. The molecule has 1 aromatic carbocycles. The number of methoxy groups -OCH3 is 1. The van der Waals surface area contributed by atoms with E-state index < -0.39 is 11.8 Å². The lowest BCUT2D eigenvalue weighted by Gasteiger charge is -2.20. The molecule has 0 aromatic heterocycles. The first-order valence-corrected chi connectivity index (χ1v) is 5.95. The van der Waals surface area contributed by atoms with Crippen molar-refractivity contribution < 1.29 is 19.1 Å². The number of benzene rings is 1. The molecule has 0 bridgehead atoms. The van der Waals surface area contributed by atoms with Crippen LogP contribution in [0.25, 0.3) is 0 Å². The van der Waals surface area contributed by atoms with E-state index in [1.807, 2.05) is 0 Å². The summed E-state index contributed by atoms with van der Waals surface area (Å²) >= 11 is 0. The van der Waals surface area contributed by atoms with E-state index in [0.717, 1.165) is 5.56 Å². The van der Waals surface area contributed by atoms with Gasteiger partial charge in [0, 0.05) is 13.0 Å². The first-order chi connectivity index (χ1) is 9.12. The van der Waals surface area contributed by atoms with E-state index in [1.165, 1.54) is 19.2 Å². The molecule has 0 aliphatic heterocycles. The summed E-state index contributed by atoms with van der Waals surface area (Å²) in [7, 11) is 1.52. The van der Waals surface area contributed by atoms with Crippen LogP contribution in [0.3, 0.4) is 0 Å². The Balaban J connectivity index is 2.81. The molecule has 0 radical (unpaired) electrons. The molecular weight excluding hydrogens is 249 g/mol. The highest BCUT2D eigenvalue weighted by atomic mass is 19.1. The molecule has 1 aromatic rings. The zero-order valence-corrected chi connectivity index (χ0v) is 10.8. The lowest BCUT2D eigenvalue weighted by atomic mass is 9.93. The largest absolute Gasteiger partial charge is 0.377 e. The number of carbonyl (C=O) groups is 1. The number of rotatable bonds is 7. The number of hydrogen-bond donors (Lipinski definition) is 2. The van der Waals surface area contributed by atoms with Crippen LogP contribution in [0.1, 0.15) is 24.5 Å². The van der Waals surface area contributed by atoms with Crippen molar-refractivity contribution >= 4 is 5.91 Å². The highest BCUT2D eigenvalue weighted by molar-refractivity contribution is 5.77. The maximum absolute atomic E-state index is 12.9. The molecule has 2 atom stereocenters. The highest BCUT2D eigenvalue weighted by Gasteiger charge is 2.22. The number of nitrogens with one attached hydrogen (secondary N) is 1. The molecule has 1 rings (SSSR count). The molecule has 0 saturated carbocycles. The van der Waals surface area contributed by atoms with Gasteiger partial charge in [0.2, 0.25) is 5.91 Å². The molecule has 0 aliphatic rings. The summed E-state index contributed by atoms with van der Waals surface area (Å²) in [6, 6.07) is 5.92. The van der Waals surface area contributed by atoms with Crippen molar-refractivity contribution in [3.05, 3.63) is 48.3 Å². The van der Waals surface area contributed by atoms with Crippen LogP contribution in [-0.2, 0) is 9.53 Å². The van der Waals surface area contributed by atoms with Crippen molar-refractivity contribution in [1.82, 2.24) is 5.48 Å². The van der Waals surface area contributed by atoms with Gasteiger partial charge in [-0.25, -0.2) is 9.87 Å². The fourth-order valence-corrected chi connectivity index (χ4v) is 1.91. The minimum Gasteiger partial charge on any atom is -0.377 e. The van der Waals surface area contributed by atoms with Gasteiger partial charge in [-0.1, -0.05) is 18.2 Å². The number of allylic oxidation sites excluding steroid dienone is 1. The second kappa shape index (κ2) is 7.66. The second-order valence-corrected chi connectivity index (χ2v) is 4.21. The van der Waals surface area contributed by atoms with Crippen molar-refractivity contribution in [2.24, 2.45) is 5.92 Å². The molecular formula is C14H18FNO3. The number of ether oxygens (including phenoxy) is 1. The predicted octanol–water partition coefficient (Wildman–Crippen LogP) is 2.60. The Kier molecular flexibility index (Phi) is 6.18. The quantitative estimate of drug-likeness (QED) is 0.453. The first kappa shape index (κ1) is 15.3. The number of carbonyl (C=O) groups excluding carboxylic acids is 1. The van der Waals surface area contributed by atoms with Gasteiger partial charge in [-0.3, -0.25) is 10.0 Å². The van der Waals surface area contributed by atoms with Gasteiger partial charge < -0.3 is 4.74 Å². The van der Waals surface area contributed by atoms with Gasteiger partial charge in [-0.2, -0.15) is 0 Å². The SMILES string of the molecule is C=CC[C@@H](C[C@@H](OC)c1ccc(F)cc1)C(=O)NO. The Bertz CT molecular complexity index is 419. The zero-order chi connectivity index (χ0) is 14.3. The van der Waals surface area contributed by atoms with Crippen LogP contribution in [0, 0.1) is 11.7 Å². The Hall–Kier alpha value is -1.72. The molecule has 4 nitrogen and oxygen atoms in total. The first-order valence-electron chi connectivity index (χ1n) is 5.95. The standard InChI is InChI=1S/C14H18FNO3/c1-3-4-11(14(17)16-18)9-13(19-2)10-5-7-12(15)8-6-10/h3,5-8,11,13,18H,1,4,9H2,2H3,(H,16,17)/t11-,13+/m0/s1. The molecule has 1 amide bonds. The molecule has 0 aliphatic carbocycles. The van der Waals surface area contributed by atoms with E-state index in [0.29, 0.717) is 12.8 Å². The molecule has 0 unspecified atom stereocenters. The zero-order valence-electron chi connectivity index (χ0n) is 10.8. The molecule has 0 heterocycles. The third kappa shape index (κ3) is 4.46. The van der Waals surface area contributed by atoms with Crippen LogP contribution < -0.4 is 5.48 Å². The third-order valence-corrected chi connectivity index (χ3v) is 2.96. The van der Waals surface area contributed by atoms with Crippen molar-refractivity contribution in [3.63, 3.8) is 0 Å².